The summed E-state index contributed by atoms with van der Waals surface area (Å²) in [6.45, 7) is 5.33. The Hall–Kier alpha value is -0.420. The van der Waals surface area contributed by atoms with Crippen molar-refractivity contribution in [2.45, 2.75) is 45.0 Å². The summed E-state index contributed by atoms with van der Waals surface area (Å²) >= 11 is 0. The van der Waals surface area contributed by atoms with Crippen LogP contribution in [-0.2, 0) is 18.6 Å². The van der Waals surface area contributed by atoms with E-state index >= 15 is 0 Å². The molecule has 0 bridgehead atoms. The number of hydrogen-bond donors (Lipinski definition) is 1. The topological polar surface area (TPSA) is 76.1 Å². The van der Waals surface area contributed by atoms with Crippen LogP contribution in [0.4, 0.5) is 0 Å². The highest BCUT2D eigenvalue weighted by molar-refractivity contribution is 7.53. The minimum absolute atomic E-state index is 0.0281. The van der Waals surface area contributed by atoms with Crippen molar-refractivity contribution in [2.75, 3.05) is 20.3 Å². The first-order valence-electron chi connectivity index (χ1n) is 6.05. The van der Waals surface area contributed by atoms with Crippen LogP contribution in [0.3, 0.4) is 0 Å². The van der Waals surface area contributed by atoms with Crippen molar-refractivity contribution in [3.05, 3.63) is 0 Å². The number of methoxy groups -OCH3 is 1. The molecule has 1 N–H and O–H groups in total. The third kappa shape index (κ3) is 3.79. The molecule has 3 atom stereocenters. The third-order valence-electron chi connectivity index (χ3n) is 3.22. The van der Waals surface area contributed by atoms with Crippen LogP contribution in [0.25, 0.3) is 0 Å². The minimum Gasteiger partial charge on any atom is -0.380 e. The summed E-state index contributed by atoms with van der Waals surface area (Å²) in [4.78, 5) is 22.7. The second-order valence-corrected chi connectivity index (χ2v) is 7.29. The van der Waals surface area contributed by atoms with Crippen LogP contribution in [0.2, 0.25) is 0 Å². The fourth-order valence-corrected chi connectivity index (χ4v) is 2.61. The molecule has 1 heterocycles. The van der Waals surface area contributed by atoms with Crippen LogP contribution >= 0.6 is 7.60 Å². The highest BCUT2D eigenvalue weighted by Gasteiger charge is 2.36. The van der Waals surface area contributed by atoms with Crippen molar-refractivity contribution in [2.24, 2.45) is 0 Å². The lowest BCUT2D eigenvalue weighted by molar-refractivity contribution is -0.130. The SMILES string of the molecule is COC1CC(COP(=O)(O)C(C)C)N(C(C)=O)C1. The molecule has 0 radical (unpaired) electrons. The normalized spacial score (nSPS) is 27.6. The summed E-state index contributed by atoms with van der Waals surface area (Å²) in [5.74, 6) is -0.0690. The maximum absolute atomic E-state index is 11.7. The zero-order valence-corrected chi connectivity index (χ0v) is 12.2. The lowest BCUT2D eigenvalue weighted by atomic mass is 10.2. The van der Waals surface area contributed by atoms with E-state index in [1.807, 2.05) is 0 Å². The Morgan fingerprint density at radius 2 is 2.17 bits per heavy atom. The van der Waals surface area contributed by atoms with Crippen LogP contribution < -0.4 is 0 Å². The van der Waals surface area contributed by atoms with Crippen molar-refractivity contribution in [3.63, 3.8) is 0 Å². The first kappa shape index (κ1) is 15.6. The molecule has 0 spiro atoms. The van der Waals surface area contributed by atoms with Gasteiger partial charge in [0.2, 0.25) is 5.91 Å². The van der Waals surface area contributed by atoms with Gasteiger partial charge in [-0.05, 0) is 6.42 Å². The Kier molecular flexibility index (Phi) is 5.34. The van der Waals surface area contributed by atoms with E-state index in [9.17, 15) is 14.3 Å². The maximum atomic E-state index is 11.7. The third-order valence-corrected chi connectivity index (χ3v) is 5.04. The number of hydrogen-bond acceptors (Lipinski definition) is 4. The van der Waals surface area contributed by atoms with E-state index < -0.39 is 13.3 Å². The molecule has 7 heteroatoms. The van der Waals surface area contributed by atoms with Gasteiger partial charge in [-0.3, -0.25) is 9.36 Å². The van der Waals surface area contributed by atoms with Crippen LogP contribution in [-0.4, -0.2) is 53.8 Å². The van der Waals surface area contributed by atoms with E-state index in [0.29, 0.717) is 13.0 Å². The van der Waals surface area contributed by atoms with Crippen molar-refractivity contribution >= 4 is 13.5 Å². The van der Waals surface area contributed by atoms with Gasteiger partial charge in [-0.25, -0.2) is 0 Å². The van der Waals surface area contributed by atoms with Gasteiger partial charge in [0.05, 0.1) is 24.4 Å². The molecular formula is C11H22NO5P. The van der Waals surface area contributed by atoms with E-state index in [4.69, 9.17) is 9.26 Å². The van der Waals surface area contributed by atoms with Gasteiger partial charge in [0.1, 0.15) is 0 Å². The van der Waals surface area contributed by atoms with Crippen molar-refractivity contribution < 1.29 is 23.5 Å². The van der Waals surface area contributed by atoms with Gasteiger partial charge in [0, 0.05) is 20.6 Å². The van der Waals surface area contributed by atoms with Gasteiger partial charge in [-0.1, -0.05) is 13.8 Å². The predicted octanol–water partition coefficient (Wildman–Crippen LogP) is 1.23. The predicted molar refractivity (Wildman–Crippen MR) is 67.5 cm³/mol. The Morgan fingerprint density at radius 1 is 1.56 bits per heavy atom. The van der Waals surface area contributed by atoms with E-state index in [2.05, 4.69) is 0 Å². The zero-order chi connectivity index (χ0) is 13.9. The molecule has 0 aromatic heterocycles. The van der Waals surface area contributed by atoms with Crippen LogP contribution in [0.15, 0.2) is 0 Å². The molecule has 1 aliphatic rings. The lowest BCUT2D eigenvalue weighted by Crippen LogP contribution is -2.37. The highest BCUT2D eigenvalue weighted by Crippen LogP contribution is 2.47. The second-order valence-electron chi connectivity index (χ2n) is 4.87. The number of likely N-dealkylation sites (tertiary alicyclic amines) is 1. The average Bonchev–Trinajstić information content (AvgIpc) is 2.69. The summed E-state index contributed by atoms with van der Waals surface area (Å²) < 4.78 is 22.0. The van der Waals surface area contributed by atoms with Crippen LogP contribution in [0.5, 0.6) is 0 Å². The number of ether oxygens (including phenoxy) is 1. The van der Waals surface area contributed by atoms with Crippen LogP contribution in [0, 0.1) is 0 Å². The van der Waals surface area contributed by atoms with Crippen LogP contribution in [0.1, 0.15) is 27.2 Å². The molecule has 0 aromatic carbocycles. The Bertz CT molecular complexity index is 346. The van der Waals surface area contributed by atoms with Gasteiger partial charge in [0.25, 0.3) is 0 Å². The molecule has 0 saturated carbocycles. The molecular weight excluding hydrogens is 257 g/mol. The van der Waals surface area contributed by atoms with Gasteiger partial charge in [-0.15, -0.1) is 0 Å². The van der Waals surface area contributed by atoms with Crippen molar-refractivity contribution in [1.82, 2.24) is 4.90 Å². The number of amides is 1. The molecule has 6 nitrogen and oxygen atoms in total. The summed E-state index contributed by atoms with van der Waals surface area (Å²) in [5, 5.41) is 0. The molecule has 1 fully saturated rings. The summed E-state index contributed by atoms with van der Waals surface area (Å²) in [5.41, 5.74) is -0.442. The molecule has 1 amide bonds. The van der Waals surface area contributed by atoms with Crippen molar-refractivity contribution in [1.29, 1.82) is 0 Å². The van der Waals surface area contributed by atoms with Crippen molar-refractivity contribution in [3.8, 4) is 0 Å². The smallest absolute Gasteiger partial charge is 0.330 e. The zero-order valence-electron chi connectivity index (χ0n) is 11.3. The molecule has 0 aliphatic carbocycles. The van der Waals surface area contributed by atoms with E-state index in [1.165, 1.54) is 6.92 Å². The van der Waals surface area contributed by atoms with Gasteiger partial charge in [0.15, 0.2) is 0 Å². The van der Waals surface area contributed by atoms with Gasteiger partial charge < -0.3 is 19.1 Å². The first-order chi connectivity index (χ1) is 8.27. The molecule has 1 saturated heterocycles. The Labute approximate surface area is 108 Å². The van der Waals surface area contributed by atoms with E-state index in [0.717, 1.165) is 0 Å². The summed E-state index contributed by atoms with van der Waals surface area (Å²) in [7, 11) is -1.99. The molecule has 1 aliphatic heterocycles. The lowest BCUT2D eigenvalue weighted by Gasteiger charge is -2.24. The number of carbonyl (C=O) groups excluding carboxylic acids is 1. The van der Waals surface area contributed by atoms with Gasteiger partial charge in [-0.2, -0.15) is 0 Å². The average molecular weight is 279 g/mol. The maximum Gasteiger partial charge on any atom is 0.330 e. The van der Waals surface area contributed by atoms with Gasteiger partial charge >= 0.3 is 7.60 Å². The number of rotatable bonds is 5. The quantitative estimate of drug-likeness (QED) is 0.766. The summed E-state index contributed by atoms with van der Waals surface area (Å²) in [6, 6.07) is -0.188. The largest absolute Gasteiger partial charge is 0.380 e. The molecule has 3 unspecified atom stereocenters. The standard InChI is InChI=1S/C11H22NO5P/c1-8(2)18(14,15)17-7-10-5-11(16-4)6-12(10)9(3)13/h8,10-11H,5-7H2,1-4H3,(H,14,15). The van der Waals surface area contributed by atoms with E-state index in [-0.39, 0.29) is 24.7 Å². The second kappa shape index (κ2) is 6.15. The first-order valence-corrected chi connectivity index (χ1v) is 7.69. The fraction of sp³-hybridized carbons (Fsp3) is 0.909. The Balaban J connectivity index is 2.60. The molecule has 1 rings (SSSR count). The summed E-state index contributed by atoms with van der Waals surface area (Å²) in [6.07, 6.45) is 0.605. The number of nitrogens with zero attached hydrogens (tertiary/aromatic N) is 1. The number of carbonyl (C=O) groups is 1. The monoisotopic (exact) mass is 279 g/mol. The highest BCUT2D eigenvalue weighted by atomic mass is 31.2. The fourth-order valence-electron chi connectivity index (χ4n) is 1.93. The molecule has 0 aromatic rings. The molecule has 106 valence electrons. The minimum atomic E-state index is -3.58. The Morgan fingerprint density at radius 3 is 2.61 bits per heavy atom. The molecule has 18 heavy (non-hydrogen) atoms. The van der Waals surface area contributed by atoms with E-state index in [1.54, 1.807) is 25.9 Å².